The zero-order chi connectivity index (χ0) is 20.4. The molecule has 3 aromatic rings. The van der Waals surface area contributed by atoms with E-state index in [1.165, 1.54) is 18.5 Å². The van der Waals surface area contributed by atoms with Gasteiger partial charge in [0, 0.05) is 18.7 Å². The van der Waals surface area contributed by atoms with Crippen LogP contribution in [0, 0.1) is 0 Å². The first-order valence-corrected chi connectivity index (χ1v) is 8.98. The van der Waals surface area contributed by atoms with Crippen LogP contribution in [-0.2, 0) is 30.4 Å². The highest BCUT2D eigenvalue weighted by atomic mass is 19.4. The van der Waals surface area contributed by atoms with Gasteiger partial charge < -0.3 is 9.64 Å². The predicted molar refractivity (Wildman–Crippen MR) is 97.2 cm³/mol. The number of carbonyl (C=O) groups is 1. The van der Waals surface area contributed by atoms with Gasteiger partial charge in [0.2, 0.25) is 5.91 Å². The van der Waals surface area contributed by atoms with Gasteiger partial charge in [0.15, 0.2) is 0 Å². The number of H-pyrrole nitrogens is 1. The topological polar surface area (TPSA) is 71.1 Å². The van der Waals surface area contributed by atoms with Crippen molar-refractivity contribution in [2.24, 2.45) is 0 Å². The molecular formula is C20H17F3N4O2. The first kappa shape index (κ1) is 19.0. The maximum Gasteiger partial charge on any atom is 0.416 e. The number of hydrogen-bond donors (Lipinski definition) is 1. The lowest BCUT2D eigenvalue weighted by atomic mass is 9.98. The van der Waals surface area contributed by atoms with Crippen LogP contribution >= 0.6 is 0 Å². The number of fused-ring (bicyclic) bond motifs is 1. The number of ether oxygens (including phenoxy) is 1. The molecule has 1 amide bonds. The van der Waals surface area contributed by atoms with Crippen molar-refractivity contribution in [3.05, 3.63) is 71.3 Å². The van der Waals surface area contributed by atoms with E-state index in [9.17, 15) is 18.0 Å². The van der Waals surface area contributed by atoms with Crippen LogP contribution in [0.5, 0.6) is 11.5 Å². The fraction of sp³-hybridized carbons (Fsp3) is 0.250. The second-order valence-electron chi connectivity index (χ2n) is 6.69. The summed E-state index contributed by atoms with van der Waals surface area (Å²) in [6.07, 6.45) is -2.28. The molecule has 0 radical (unpaired) electrons. The van der Waals surface area contributed by atoms with Crippen LogP contribution < -0.4 is 4.74 Å². The lowest BCUT2D eigenvalue weighted by molar-refractivity contribution is -0.137. The monoisotopic (exact) mass is 402 g/mol. The summed E-state index contributed by atoms with van der Waals surface area (Å²) in [5.41, 5.74) is 1.18. The van der Waals surface area contributed by atoms with Gasteiger partial charge in [0.1, 0.15) is 23.7 Å². The molecular weight excluding hydrogens is 385 g/mol. The molecule has 1 aliphatic heterocycles. The Kier molecular flexibility index (Phi) is 4.96. The molecule has 0 unspecified atom stereocenters. The maximum absolute atomic E-state index is 12.7. The Morgan fingerprint density at radius 3 is 2.66 bits per heavy atom. The van der Waals surface area contributed by atoms with Crippen LogP contribution in [0.4, 0.5) is 13.2 Å². The fourth-order valence-electron chi connectivity index (χ4n) is 3.29. The van der Waals surface area contributed by atoms with Crippen molar-refractivity contribution in [1.29, 1.82) is 0 Å². The predicted octanol–water partition coefficient (Wildman–Crippen LogP) is 3.74. The van der Waals surface area contributed by atoms with E-state index in [1.54, 1.807) is 11.0 Å². The molecule has 0 saturated carbocycles. The summed E-state index contributed by atoms with van der Waals surface area (Å²) in [5, 5.41) is 6.42. The normalized spacial score (nSPS) is 13.8. The third-order valence-electron chi connectivity index (χ3n) is 4.77. The number of carbonyl (C=O) groups excluding carboxylic acids is 1. The summed E-state index contributed by atoms with van der Waals surface area (Å²) in [4.78, 5) is 18.2. The summed E-state index contributed by atoms with van der Waals surface area (Å²) in [6, 6.07) is 10.1. The first-order chi connectivity index (χ1) is 13.9. The van der Waals surface area contributed by atoms with Crippen molar-refractivity contribution < 1.29 is 22.7 Å². The second-order valence-corrected chi connectivity index (χ2v) is 6.69. The molecule has 9 heteroatoms. The second kappa shape index (κ2) is 7.57. The fourth-order valence-corrected chi connectivity index (χ4v) is 3.29. The number of aromatic amines is 1. The van der Waals surface area contributed by atoms with E-state index in [2.05, 4.69) is 15.2 Å². The Morgan fingerprint density at radius 2 is 1.97 bits per heavy atom. The maximum atomic E-state index is 12.7. The minimum absolute atomic E-state index is 0.0542. The lowest BCUT2D eigenvalue weighted by Gasteiger charge is -2.29. The largest absolute Gasteiger partial charge is 0.457 e. The number of halogens is 3. The summed E-state index contributed by atoms with van der Waals surface area (Å²) in [5.74, 6) is 1.38. The zero-order valence-electron chi connectivity index (χ0n) is 15.2. The SMILES string of the molecule is O=C(Cc1ncn[nH]1)N1CCc2c(cccc2Oc2ccc(C(F)(F)F)cc2)C1. The molecule has 6 nitrogen and oxygen atoms in total. The van der Waals surface area contributed by atoms with Crippen molar-refractivity contribution in [3.8, 4) is 11.5 Å². The first-order valence-electron chi connectivity index (χ1n) is 8.98. The van der Waals surface area contributed by atoms with Gasteiger partial charge in [0.05, 0.1) is 12.0 Å². The third-order valence-corrected chi connectivity index (χ3v) is 4.77. The molecule has 150 valence electrons. The lowest BCUT2D eigenvalue weighted by Crippen LogP contribution is -2.37. The van der Waals surface area contributed by atoms with Gasteiger partial charge in [-0.2, -0.15) is 18.3 Å². The van der Waals surface area contributed by atoms with Gasteiger partial charge in [-0.25, -0.2) is 4.98 Å². The standard InChI is InChI=1S/C20H17F3N4O2/c21-20(22,23)14-4-6-15(7-5-14)29-17-3-1-2-13-11-27(9-8-16(13)17)19(28)10-18-24-12-25-26-18/h1-7,12H,8-11H2,(H,24,25,26). The summed E-state index contributed by atoms with van der Waals surface area (Å²) >= 11 is 0. The van der Waals surface area contributed by atoms with Gasteiger partial charge in [-0.1, -0.05) is 12.1 Å². The smallest absolute Gasteiger partial charge is 0.416 e. The number of nitrogens with zero attached hydrogens (tertiary/aromatic N) is 3. The summed E-state index contributed by atoms with van der Waals surface area (Å²) < 4.78 is 44.0. The average Bonchev–Trinajstić information content (AvgIpc) is 3.20. The molecule has 29 heavy (non-hydrogen) atoms. The van der Waals surface area contributed by atoms with E-state index >= 15 is 0 Å². The van der Waals surface area contributed by atoms with Crippen LogP contribution in [0.25, 0.3) is 0 Å². The van der Waals surface area contributed by atoms with Gasteiger partial charge in [0.25, 0.3) is 0 Å². The molecule has 0 fully saturated rings. The molecule has 1 aromatic heterocycles. The van der Waals surface area contributed by atoms with E-state index in [-0.39, 0.29) is 12.3 Å². The minimum atomic E-state index is -4.38. The summed E-state index contributed by atoms with van der Waals surface area (Å²) in [7, 11) is 0. The highest BCUT2D eigenvalue weighted by Gasteiger charge is 2.30. The van der Waals surface area contributed by atoms with Gasteiger partial charge in [-0.3, -0.25) is 9.89 Å². The molecule has 2 heterocycles. The Labute approximate surface area is 164 Å². The number of rotatable bonds is 4. The number of aromatic nitrogens is 3. The molecule has 0 saturated heterocycles. The molecule has 0 spiro atoms. The Hall–Kier alpha value is -3.36. The molecule has 0 atom stereocenters. The molecule has 2 aromatic carbocycles. The Balaban J connectivity index is 1.47. The third kappa shape index (κ3) is 4.23. The van der Waals surface area contributed by atoms with Crippen LogP contribution in [0.1, 0.15) is 22.5 Å². The molecule has 1 aliphatic rings. The molecule has 0 aliphatic carbocycles. The van der Waals surface area contributed by atoms with Crippen LogP contribution in [0.15, 0.2) is 48.8 Å². The quantitative estimate of drug-likeness (QED) is 0.722. The Morgan fingerprint density at radius 1 is 1.17 bits per heavy atom. The van der Waals surface area contributed by atoms with Crippen molar-refractivity contribution >= 4 is 5.91 Å². The van der Waals surface area contributed by atoms with Gasteiger partial charge in [-0.15, -0.1) is 0 Å². The highest BCUT2D eigenvalue weighted by Crippen LogP contribution is 2.34. The number of alkyl halides is 3. The van der Waals surface area contributed by atoms with Crippen molar-refractivity contribution in [1.82, 2.24) is 20.1 Å². The molecule has 0 bridgehead atoms. The Bertz CT molecular complexity index is 1000. The summed E-state index contributed by atoms with van der Waals surface area (Å²) in [6.45, 7) is 0.958. The van der Waals surface area contributed by atoms with Gasteiger partial charge in [-0.05, 0) is 42.3 Å². The average molecular weight is 402 g/mol. The number of benzene rings is 2. The zero-order valence-corrected chi connectivity index (χ0v) is 15.2. The van der Waals surface area contributed by atoms with Gasteiger partial charge >= 0.3 is 6.18 Å². The van der Waals surface area contributed by atoms with E-state index in [0.29, 0.717) is 36.8 Å². The van der Waals surface area contributed by atoms with Crippen molar-refractivity contribution in [2.45, 2.75) is 25.6 Å². The van der Waals surface area contributed by atoms with E-state index in [4.69, 9.17) is 4.74 Å². The van der Waals surface area contributed by atoms with Crippen LogP contribution in [-0.4, -0.2) is 32.5 Å². The van der Waals surface area contributed by atoms with E-state index in [1.807, 2.05) is 12.1 Å². The number of amides is 1. The van der Waals surface area contributed by atoms with Crippen molar-refractivity contribution in [3.63, 3.8) is 0 Å². The molecule has 1 N–H and O–H groups in total. The number of nitrogens with one attached hydrogen (secondary N) is 1. The highest BCUT2D eigenvalue weighted by molar-refractivity contribution is 5.78. The van der Waals surface area contributed by atoms with Crippen LogP contribution in [0.2, 0.25) is 0 Å². The minimum Gasteiger partial charge on any atom is -0.457 e. The van der Waals surface area contributed by atoms with E-state index in [0.717, 1.165) is 23.3 Å². The van der Waals surface area contributed by atoms with Crippen LogP contribution in [0.3, 0.4) is 0 Å². The number of hydrogen-bond acceptors (Lipinski definition) is 4. The van der Waals surface area contributed by atoms with E-state index < -0.39 is 11.7 Å². The van der Waals surface area contributed by atoms with Crippen molar-refractivity contribution in [2.75, 3.05) is 6.54 Å². The molecule has 4 rings (SSSR count).